The maximum Gasteiger partial charge on any atom is 0.0680 e. The second kappa shape index (κ2) is 15.2. The SMILES string of the molecule is Cl.O[C@H]1CN[C@H](COCCCCCCCC/C=C/c2ccc(-c3ccccc3)cc2)C1. The summed E-state index contributed by atoms with van der Waals surface area (Å²) in [4.78, 5) is 0. The highest BCUT2D eigenvalue weighted by Gasteiger charge is 2.21. The van der Waals surface area contributed by atoms with Crippen LogP contribution in [0.1, 0.15) is 56.9 Å². The number of unbranched alkanes of at least 4 members (excludes halogenated alkanes) is 6. The van der Waals surface area contributed by atoms with Crippen LogP contribution in [0.3, 0.4) is 0 Å². The van der Waals surface area contributed by atoms with Gasteiger partial charge in [-0.1, -0.05) is 92.4 Å². The largest absolute Gasteiger partial charge is 0.392 e. The summed E-state index contributed by atoms with van der Waals surface area (Å²) in [5.74, 6) is 0. The molecule has 0 unspecified atom stereocenters. The molecular formula is C27H38ClNO2. The minimum Gasteiger partial charge on any atom is -0.392 e. The number of β-amino-alcohol motifs (C(OH)–C–C–N with tert-alkyl or cyclic N) is 1. The summed E-state index contributed by atoms with van der Waals surface area (Å²) in [5.41, 5.74) is 3.81. The highest BCUT2D eigenvalue weighted by molar-refractivity contribution is 5.85. The molecule has 1 aliphatic rings. The Morgan fingerprint density at radius 3 is 2.26 bits per heavy atom. The monoisotopic (exact) mass is 443 g/mol. The summed E-state index contributed by atoms with van der Waals surface area (Å²) >= 11 is 0. The molecule has 0 bridgehead atoms. The third-order valence-electron chi connectivity index (χ3n) is 5.76. The molecule has 1 fully saturated rings. The molecule has 1 aliphatic heterocycles. The van der Waals surface area contributed by atoms with Gasteiger partial charge in [0.05, 0.1) is 12.7 Å². The standard InChI is InChI=1S/C27H37NO2.ClH/c29-27-20-26(28-21-27)22-30-19-11-6-4-2-1-3-5-8-12-23-15-17-25(18-16-23)24-13-9-7-10-14-24;/h7-10,12-18,26-29H,1-6,11,19-22H2;1H/b12-8+;/t26-,27+;/m0./s1. The minimum atomic E-state index is -0.186. The Bertz CT molecular complexity index is 733. The van der Waals surface area contributed by atoms with Crippen molar-refractivity contribution < 1.29 is 9.84 Å². The Hall–Kier alpha value is -1.65. The Morgan fingerprint density at radius 1 is 0.871 bits per heavy atom. The molecule has 3 rings (SSSR count). The lowest BCUT2D eigenvalue weighted by atomic mass is 10.0. The zero-order chi connectivity index (χ0) is 20.9. The third-order valence-corrected chi connectivity index (χ3v) is 5.76. The van der Waals surface area contributed by atoms with E-state index >= 15 is 0 Å². The Morgan fingerprint density at radius 2 is 1.55 bits per heavy atom. The van der Waals surface area contributed by atoms with E-state index in [4.69, 9.17) is 4.74 Å². The molecule has 2 aromatic carbocycles. The van der Waals surface area contributed by atoms with E-state index in [1.54, 1.807) is 0 Å². The van der Waals surface area contributed by atoms with Crippen molar-refractivity contribution in [2.24, 2.45) is 0 Å². The fourth-order valence-electron chi connectivity index (χ4n) is 3.96. The van der Waals surface area contributed by atoms with Crippen LogP contribution in [-0.2, 0) is 4.74 Å². The number of ether oxygens (including phenoxy) is 1. The molecule has 2 N–H and O–H groups in total. The second-order valence-corrected chi connectivity index (χ2v) is 8.37. The summed E-state index contributed by atoms with van der Waals surface area (Å²) in [6.45, 7) is 2.29. The van der Waals surface area contributed by atoms with E-state index in [9.17, 15) is 5.11 Å². The molecule has 2 atom stereocenters. The van der Waals surface area contributed by atoms with Crippen LogP contribution in [0.25, 0.3) is 17.2 Å². The van der Waals surface area contributed by atoms with Gasteiger partial charge in [-0.05, 0) is 42.4 Å². The van der Waals surface area contributed by atoms with Gasteiger partial charge < -0.3 is 15.2 Å². The van der Waals surface area contributed by atoms with E-state index < -0.39 is 0 Å². The first kappa shape index (κ1) is 25.6. The number of hydrogen-bond donors (Lipinski definition) is 2. The van der Waals surface area contributed by atoms with Crippen LogP contribution in [0.5, 0.6) is 0 Å². The van der Waals surface area contributed by atoms with Gasteiger partial charge in [-0.25, -0.2) is 0 Å². The van der Waals surface area contributed by atoms with E-state index in [-0.39, 0.29) is 18.5 Å². The molecule has 0 amide bonds. The fraction of sp³-hybridized carbons (Fsp3) is 0.481. The van der Waals surface area contributed by atoms with Gasteiger partial charge >= 0.3 is 0 Å². The number of rotatable bonds is 13. The number of aliphatic hydroxyl groups is 1. The quantitative estimate of drug-likeness (QED) is 0.359. The Kier molecular flexibility index (Phi) is 12.6. The topological polar surface area (TPSA) is 41.5 Å². The summed E-state index contributed by atoms with van der Waals surface area (Å²) in [6.07, 6.45) is 13.9. The van der Waals surface area contributed by atoms with E-state index in [0.29, 0.717) is 12.6 Å². The van der Waals surface area contributed by atoms with Crippen LogP contribution in [-0.4, -0.2) is 37.0 Å². The molecule has 1 saturated heterocycles. The van der Waals surface area contributed by atoms with Gasteiger partial charge in [0.2, 0.25) is 0 Å². The second-order valence-electron chi connectivity index (χ2n) is 8.37. The van der Waals surface area contributed by atoms with Gasteiger partial charge in [-0.2, -0.15) is 0 Å². The molecule has 1 heterocycles. The number of benzene rings is 2. The van der Waals surface area contributed by atoms with Crippen molar-refractivity contribution in [1.82, 2.24) is 5.32 Å². The lowest BCUT2D eigenvalue weighted by Gasteiger charge is -2.10. The molecule has 170 valence electrons. The summed E-state index contributed by atoms with van der Waals surface area (Å²) in [6, 6.07) is 19.7. The van der Waals surface area contributed by atoms with Gasteiger partial charge in [0.15, 0.2) is 0 Å². The Labute approximate surface area is 194 Å². The first-order chi connectivity index (χ1) is 14.8. The van der Waals surface area contributed by atoms with Crippen molar-refractivity contribution in [1.29, 1.82) is 0 Å². The Balaban J connectivity index is 0.00000341. The summed E-state index contributed by atoms with van der Waals surface area (Å²) in [5, 5.41) is 12.7. The van der Waals surface area contributed by atoms with Gasteiger partial charge in [0, 0.05) is 19.2 Å². The summed E-state index contributed by atoms with van der Waals surface area (Å²) < 4.78 is 5.72. The van der Waals surface area contributed by atoms with Crippen molar-refractivity contribution >= 4 is 18.5 Å². The molecule has 31 heavy (non-hydrogen) atoms. The van der Waals surface area contributed by atoms with Crippen LogP contribution < -0.4 is 5.32 Å². The molecule has 0 aromatic heterocycles. The first-order valence-corrected chi connectivity index (χ1v) is 11.6. The molecule has 0 spiro atoms. The molecule has 0 aliphatic carbocycles. The average Bonchev–Trinajstić information content (AvgIpc) is 3.20. The van der Waals surface area contributed by atoms with Gasteiger partial charge in [-0.3, -0.25) is 0 Å². The smallest absolute Gasteiger partial charge is 0.0680 e. The lowest BCUT2D eigenvalue weighted by molar-refractivity contribution is 0.107. The molecule has 4 heteroatoms. The van der Waals surface area contributed by atoms with Gasteiger partial charge in [0.25, 0.3) is 0 Å². The van der Waals surface area contributed by atoms with Crippen LogP contribution >= 0.6 is 12.4 Å². The molecule has 2 aromatic rings. The van der Waals surface area contributed by atoms with E-state index in [1.165, 1.54) is 48.8 Å². The van der Waals surface area contributed by atoms with Gasteiger partial charge in [0.1, 0.15) is 0 Å². The lowest BCUT2D eigenvalue weighted by Crippen LogP contribution is -2.26. The fourth-order valence-corrected chi connectivity index (χ4v) is 3.96. The molecule has 0 saturated carbocycles. The average molecular weight is 444 g/mol. The number of halogens is 1. The maximum atomic E-state index is 9.46. The van der Waals surface area contributed by atoms with Gasteiger partial charge in [-0.15, -0.1) is 12.4 Å². The van der Waals surface area contributed by atoms with Crippen molar-refractivity contribution in [2.45, 2.75) is 63.5 Å². The van der Waals surface area contributed by atoms with Crippen LogP contribution in [0.4, 0.5) is 0 Å². The molecule has 0 radical (unpaired) electrons. The van der Waals surface area contributed by atoms with E-state index in [1.807, 2.05) is 0 Å². The number of allylic oxidation sites excluding steroid dienone is 1. The molecule has 3 nitrogen and oxygen atoms in total. The highest BCUT2D eigenvalue weighted by Crippen LogP contribution is 2.20. The van der Waals surface area contributed by atoms with E-state index in [2.05, 4.69) is 72.1 Å². The zero-order valence-corrected chi connectivity index (χ0v) is 19.4. The number of aliphatic hydroxyl groups excluding tert-OH is 1. The predicted molar refractivity (Wildman–Crippen MR) is 134 cm³/mol. The normalized spacial score (nSPS) is 18.4. The summed E-state index contributed by atoms with van der Waals surface area (Å²) in [7, 11) is 0. The maximum absolute atomic E-state index is 9.46. The number of hydrogen-bond acceptors (Lipinski definition) is 3. The van der Waals surface area contributed by atoms with Crippen molar-refractivity contribution in [3.05, 3.63) is 66.2 Å². The number of nitrogens with one attached hydrogen (secondary N) is 1. The third kappa shape index (κ3) is 10.0. The van der Waals surface area contributed by atoms with Crippen LogP contribution in [0.15, 0.2) is 60.7 Å². The van der Waals surface area contributed by atoms with Crippen LogP contribution in [0, 0.1) is 0 Å². The first-order valence-electron chi connectivity index (χ1n) is 11.6. The zero-order valence-electron chi connectivity index (χ0n) is 18.5. The molecular weight excluding hydrogens is 406 g/mol. The minimum absolute atomic E-state index is 0. The van der Waals surface area contributed by atoms with Crippen molar-refractivity contribution in [2.75, 3.05) is 19.8 Å². The van der Waals surface area contributed by atoms with Crippen LogP contribution in [0.2, 0.25) is 0 Å². The van der Waals surface area contributed by atoms with E-state index in [0.717, 1.165) is 32.5 Å². The predicted octanol–water partition coefficient (Wildman–Crippen LogP) is 6.26. The van der Waals surface area contributed by atoms with Crippen molar-refractivity contribution in [3.63, 3.8) is 0 Å². The highest BCUT2D eigenvalue weighted by atomic mass is 35.5. The van der Waals surface area contributed by atoms with Crippen molar-refractivity contribution in [3.8, 4) is 11.1 Å².